The molecule has 1 fully saturated rings. The fourth-order valence-corrected chi connectivity index (χ4v) is 2.74. The average Bonchev–Trinajstić information content (AvgIpc) is 3.06. The van der Waals surface area contributed by atoms with Crippen LogP contribution >= 0.6 is 0 Å². The molecule has 0 aliphatic carbocycles. The lowest BCUT2D eigenvalue weighted by Crippen LogP contribution is -2.30. The first kappa shape index (κ1) is 16.4. The minimum Gasteiger partial charge on any atom is -0.493 e. The number of methoxy groups -OCH3 is 3. The molecule has 0 aromatic heterocycles. The molecule has 0 unspecified atom stereocenters. The second-order valence-corrected chi connectivity index (χ2v) is 5.22. The molecular formula is C16H24N2O4. The van der Waals surface area contributed by atoms with E-state index in [-0.39, 0.29) is 5.91 Å². The Kier molecular flexibility index (Phi) is 5.89. The topological polar surface area (TPSA) is 68.8 Å². The first-order valence-electron chi connectivity index (χ1n) is 7.51. The number of carbonyl (C=O) groups is 1. The van der Waals surface area contributed by atoms with Crippen LogP contribution in [0.3, 0.4) is 0 Å². The minimum absolute atomic E-state index is 0.171. The van der Waals surface area contributed by atoms with Crippen molar-refractivity contribution in [2.75, 3.05) is 34.4 Å². The lowest BCUT2D eigenvalue weighted by molar-refractivity contribution is 0.0948. The van der Waals surface area contributed by atoms with Gasteiger partial charge < -0.3 is 24.8 Å². The Morgan fingerprint density at radius 2 is 2.00 bits per heavy atom. The molecule has 1 aliphatic rings. The molecule has 0 spiro atoms. The van der Waals surface area contributed by atoms with Crippen LogP contribution in [0.2, 0.25) is 0 Å². The van der Waals surface area contributed by atoms with E-state index in [0.717, 1.165) is 13.0 Å². The molecule has 22 heavy (non-hydrogen) atoms. The van der Waals surface area contributed by atoms with Crippen molar-refractivity contribution in [3.63, 3.8) is 0 Å². The van der Waals surface area contributed by atoms with Crippen LogP contribution in [0.25, 0.3) is 0 Å². The first-order chi connectivity index (χ1) is 10.7. The lowest BCUT2D eigenvalue weighted by atomic mass is 10.1. The van der Waals surface area contributed by atoms with Crippen LogP contribution in [0.5, 0.6) is 17.2 Å². The number of carbonyl (C=O) groups excluding carboxylic acids is 1. The molecular weight excluding hydrogens is 284 g/mol. The summed E-state index contributed by atoms with van der Waals surface area (Å²) in [7, 11) is 4.58. The summed E-state index contributed by atoms with van der Waals surface area (Å²) in [6.07, 6.45) is 3.32. The van der Waals surface area contributed by atoms with Crippen molar-refractivity contribution in [3.8, 4) is 17.2 Å². The maximum Gasteiger partial charge on any atom is 0.255 e. The highest BCUT2D eigenvalue weighted by atomic mass is 16.5. The maximum atomic E-state index is 12.4. The van der Waals surface area contributed by atoms with Crippen molar-refractivity contribution in [3.05, 3.63) is 17.7 Å². The number of ether oxygens (including phenoxy) is 3. The lowest BCUT2D eigenvalue weighted by Gasteiger charge is -2.16. The van der Waals surface area contributed by atoms with Gasteiger partial charge in [0.25, 0.3) is 5.91 Å². The Morgan fingerprint density at radius 3 is 2.59 bits per heavy atom. The molecule has 6 nitrogen and oxygen atoms in total. The average molecular weight is 308 g/mol. The van der Waals surface area contributed by atoms with Crippen LogP contribution in [0.1, 0.15) is 29.6 Å². The van der Waals surface area contributed by atoms with Crippen LogP contribution in [0.4, 0.5) is 0 Å². The normalized spacial score (nSPS) is 17.1. The van der Waals surface area contributed by atoms with Gasteiger partial charge in [0.2, 0.25) is 5.75 Å². The van der Waals surface area contributed by atoms with Gasteiger partial charge >= 0.3 is 0 Å². The molecule has 1 aromatic rings. The summed E-state index contributed by atoms with van der Waals surface area (Å²) in [5, 5.41) is 6.35. The number of benzene rings is 1. The smallest absolute Gasteiger partial charge is 0.255 e. The van der Waals surface area contributed by atoms with E-state index in [1.807, 2.05) is 0 Å². The van der Waals surface area contributed by atoms with Gasteiger partial charge in [-0.2, -0.15) is 0 Å². The van der Waals surface area contributed by atoms with Crippen LogP contribution in [-0.4, -0.2) is 46.4 Å². The Labute approximate surface area is 131 Å². The van der Waals surface area contributed by atoms with E-state index in [1.54, 1.807) is 19.2 Å². The summed E-state index contributed by atoms with van der Waals surface area (Å²) in [4.78, 5) is 12.4. The van der Waals surface area contributed by atoms with Gasteiger partial charge in [-0.3, -0.25) is 4.79 Å². The minimum atomic E-state index is -0.171. The van der Waals surface area contributed by atoms with E-state index in [0.29, 0.717) is 35.4 Å². The zero-order valence-electron chi connectivity index (χ0n) is 13.4. The Hall–Kier alpha value is -1.95. The van der Waals surface area contributed by atoms with Gasteiger partial charge in [-0.25, -0.2) is 0 Å². The van der Waals surface area contributed by atoms with Crippen molar-refractivity contribution >= 4 is 5.91 Å². The number of amides is 1. The van der Waals surface area contributed by atoms with E-state index in [2.05, 4.69) is 10.6 Å². The number of rotatable bonds is 7. The molecule has 122 valence electrons. The number of hydrogen-bond donors (Lipinski definition) is 2. The summed E-state index contributed by atoms with van der Waals surface area (Å²) >= 11 is 0. The maximum absolute atomic E-state index is 12.4. The molecule has 1 atom stereocenters. The fourth-order valence-electron chi connectivity index (χ4n) is 2.74. The van der Waals surface area contributed by atoms with Crippen molar-refractivity contribution < 1.29 is 19.0 Å². The molecule has 1 aliphatic heterocycles. The van der Waals surface area contributed by atoms with Crippen molar-refractivity contribution in [2.45, 2.75) is 25.3 Å². The van der Waals surface area contributed by atoms with Gasteiger partial charge in [0, 0.05) is 12.6 Å². The summed E-state index contributed by atoms with van der Waals surface area (Å²) in [5.41, 5.74) is 0.444. The highest BCUT2D eigenvalue weighted by molar-refractivity contribution is 5.98. The molecule has 2 rings (SSSR count). The van der Waals surface area contributed by atoms with E-state index in [1.165, 1.54) is 27.1 Å². The second-order valence-electron chi connectivity index (χ2n) is 5.22. The van der Waals surface area contributed by atoms with E-state index in [4.69, 9.17) is 14.2 Å². The predicted octanol–water partition coefficient (Wildman–Crippen LogP) is 1.58. The standard InChI is InChI=1S/C16H24N2O4/c1-20-13-7-6-12(14(21-2)15(13)22-3)16(19)18-10-8-11-5-4-9-17-11/h6-7,11,17H,4-5,8-10H2,1-3H3,(H,18,19)/t11-/m1/s1. The number of nitrogens with one attached hydrogen (secondary N) is 2. The molecule has 1 aromatic carbocycles. The Morgan fingerprint density at radius 1 is 1.23 bits per heavy atom. The van der Waals surface area contributed by atoms with Gasteiger partial charge in [0.15, 0.2) is 11.5 Å². The fraction of sp³-hybridized carbons (Fsp3) is 0.562. The van der Waals surface area contributed by atoms with Gasteiger partial charge in [-0.05, 0) is 37.9 Å². The number of hydrogen-bond acceptors (Lipinski definition) is 5. The molecule has 0 bridgehead atoms. The monoisotopic (exact) mass is 308 g/mol. The summed E-state index contributed by atoms with van der Waals surface area (Å²) in [5.74, 6) is 1.18. The highest BCUT2D eigenvalue weighted by Gasteiger charge is 2.21. The van der Waals surface area contributed by atoms with Gasteiger partial charge in [-0.15, -0.1) is 0 Å². The van der Waals surface area contributed by atoms with Crippen molar-refractivity contribution in [2.24, 2.45) is 0 Å². The van der Waals surface area contributed by atoms with Crippen molar-refractivity contribution in [1.82, 2.24) is 10.6 Å². The molecule has 1 amide bonds. The van der Waals surface area contributed by atoms with E-state index >= 15 is 0 Å². The largest absolute Gasteiger partial charge is 0.493 e. The summed E-state index contributed by atoms with van der Waals surface area (Å²) in [6.45, 7) is 1.70. The highest BCUT2D eigenvalue weighted by Crippen LogP contribution is 2.39. The van der Waals surface area contributed by atoms with Gasteiger partial charge in [-0.1, -0.05) is 0 Å². The zero-order valence-corrected chi connectivity index (χ0v) is 13.4. The van der Waals surface area contributed by atoms with E-state index < -0.39 is 0 Å². The van der Waals surface area contributed by atoms with Crippen LogP contribution < -0.4 is 24.8 Å². The molecule has 6 heteroatoms. The third-order valence-electron chi connectivity index (χ3n) is 3.89. The zero-order chi connectivity index (χ0) is 15.9. The second kappa shape index (κ2) is 7.89. The molecule has 0 radical (unpaired) electrons. The third kappa shape index (κ3) is 3.62. The summed E-state index contributed by atoms with van der Waals surface area (Å²) < 4.78 is 15.8. The van der Waals surface area contributed by atoms with Gasteiger partial charge in [0.1, 0.15) is 0 Å². The molecule has 0 saturated carbocycles. The van der Waals surface area contributed by atoms with Crippen LogP contribution in [-0.2, 0) is 0 Å². The summed E-state index contributed by atoms with van der Waals surface area (Å²) in [6, 6.07) is 3.89. The van der Waals surface area contributed by atoms with Crippen LogP contribution in [0, 0.1) is 0 Å². The third-order valence-corrected chi connectivity index (χ3v) is 3.89. The quantitative estimate of drug-likeness (QED) is 0.800. The van der Waals surface area contributed by atoms with E-state index in [9.17, 15) is 4.79 Å². The molecule has 1 heterocycles. The molecule has 2 N–H and O–H groups in total. The Bertz CT molecular complexity index is 513. The first-order valence-corrected chi connectivity index (χ1v) is 7.51. The predicted molar refractivity (Wildman–Crippen MR) is 84.1 cm³/mol. The van der Waals surface area contributed by atoms with Crippen LogP contribution in [0.15, 0.2) is 12.1 Å². The van der Waals surface area contributed by atoms with Gasteiger partial charge in [0.05, 0.1) is 26.9 Å². The Balaban J connectivity index is 2.04. The van der Waals surface area contributed by atoms with Crippen molar-refractivity contribution in [1.29, 1.82) is 0 Å². The SMILES string of the molecule is COc1ccc(C(=O)NCC[C@H]2CCCN2)c(OC)c1OC. The molecule has 1 saturated heterocycles.